The summed E-state index contributed by atoms with van der Waals surface area (Å²) in [5.41, 5.74) is 0. The second-order valence-corrected chi connectivity index (χ2v) is 4.08. The summed E-state index contributed by atoms with van der Waals surface area (Å²) in [6.07, 6.45) is 4.68. The molecular formula is C11H21NO. The van der Waals surface area contributed by atoms with Gasteiger partial charge in [-0.05, 0) is 25.9 Å². The van der Waals surface area contributed by atoms with E-state index < -0.39 is 0 Å². The van der Waals surface area contributed by atoms with Crippen LogP contribution in [0.3, 0.4) is 0 Å². The van der Waals surface area contributed by atoms with Gasteiger partial charge >= 0.3 is 0 Å². The zero-order valence-corrected chi connectivity index (χ0v) is 8.88. The Morgan fingerprint density at radius 3 is 2.46 bits per heavy atom. The summed E-state index contributed by atoms with van der Waals surface area (Å²) < 4.78 is 0. The van der Waals surface area contributed by atoms with E-state index in [9.17, 15) is 4.79 Å². The summed E-state index contributed by atoms with van der Waals surface area (Å²) in [5, 5.41) is 0. The third kappa shape index (κ3) is 3.47. The molecule has 1 saturated heterocycles. The van der Waals surface area contributed by atoms with Crippen LogP contribution in [-0.2, 0) is 4.79 Å². The molecule has 1 heterocycles. The first-order valence-electron chi connectivity index (χ1n) is 5.49. The first kappa shape index (κ1) is 10.7. The van der Waals surface area contributed by atoms with E-state index >= 15 is 0 Å². The molecule has 0 radical (unpaired) electrons. The Balaban J connectivity index is 2.25. The normalized spacial score (nSPS) is 21.4. The molecule has 1 atom stereocenters. The number of hydrogen-bond acceptors (Lipinski definition) is 2. The van der Waals surface area contributed by atoms with Gasteiger partial charge in [0.15, 0.2) is 0 Å². The highest BCUT2D eigenvalue weighted by Gasteiger charge is 2.16. The SMILES string of the molecule is CCC(=O)C(C)CN1CCCCC1. The van der Waals surface area contributed by atoms with Crippen molar-refractivity contribution in [3.05, 3.63) is 0 Å². The largest absolute Gasteiger partial charge is 0.303 e. The van der Waals surface area contributed by atoms with Gasteiger partial charge in [0.1, 0.15) is 5.78 Å². The van der Waals surface area contributed by atoms with Crippen LogP contribution >= 0.6 is 0 Å². The fourth-order valence-corrected chi connectivity index (χ4v) is 1.98. The Kier molecular flexibility index (Phi) is 4.43. The number of carbonyl (C=O) groups excluding carboxylic acids is 1. The van der Waals surface area contributed by atoms with Crippen LogP contribution in [-0.4, -0.2) is 30.3 Å². The van der Waals surface area contributed by atoms with Crippen LogP contribution < -0.4 is 0 Å². The number of ketones is 1. The molecule has 0 N–H and O–H groups in total. The van der Waals surface area contributed by atoms with Crippen molar-refractivity contribution in [2.24, 2.45) is 5.92 Å². The monoisotopic (exact) mass is 183 g/mol. The van der Waals surface area contributed by atoms with E-state index in [0.29, 0.717) is 12.2 Å². The average Bonchev–Trinajstić information content (AvgIpc) is 2.18. The smallest absolute Gasteiger partial charge is 0.136 e. The molecule has 0 aromatic heterocycles. The fraction of sp³-hybridized carbons (Fsp3) is 0.909. The van der Waals surface area contributed by atoms with Crippen molar-refractivity contribution in [2.45, 2.75) is 39.5 Å². The molecule has 0 aromatic carbocycles. The highest BCUT2D eigenvalue weighted by atomic mass is 16.1. The highest BCUT2D eigenvalue weighted by molar-refractivity contribution is 5.80. The average molecular weight is 183 g/mol. The van der Waals surface area contributed by atoms with Crippen molar-refractivity contribution in [3.63, 3.8) is 0 Å². The van der Waals surface area contributed by atoms with Gasteiger partial charge in [0.2, 0.25) is 0 Å². The first-order chi connectivity index (χ1) is 6.24. The van der Waals surface area contributed by atoms with Crippen LogP contribution in [0.25, 0.3) is 0 Å². The minimum Gasteiger partial charge on any atom is -0.303 e. The quantitative estimate of drug-likeness (QED) is 0.665. The fourth-order valence-electron chi connectivity index (χ4n) is 1.98. The maximum absolute atomic E-state index is 11.4. The summed E-state index contributed by atoms with van der Waals surface area (Å²) in [4.78, 5) is 13.8. The summed E-state index contributed by atoms with van der Waals surface area (Å²) >= 11 is 0. The molecule has 0 aromatic rings. The van der Waals surface area contributed by atoms with Crippen LogP contribution in [0.2, 0.25) is 0 Å². The lowest BCUT2D eigenvalue weighted by atomic mass is 10.0. The van der Waals surface area contributed by atoms with Crippen LogP contribution in [0.1, 0.15) is 39.5 Å². The maximum Gasteiger partial charge on any atom is 0.136 e. The van der Waals surface area contributed by atoms with Crippen LogP contribution in [0, 0.1) is 5.92 Å². The van der Waals surface area contributed by atoms with Gasteiger partial charge in [-0.1, -0.05) is 20.3 Å². The first-order valence-corrected chi connectivity index (χ1v) is 5.49. The lowest BCUT2D eigenvalue weighted by molar-refractivity contribution is -0.122. The Labute approximate surface area is 81.3 Å². The lowest BCUT2D eigenvalue weighted by Crippen LogP contribution is -2.35. The van der Waals surface area contributed by atoms with Gasteiger partial charge in [-0.2, -0.15) is 0 Å². The highest BCUT2D eigenvalue weighted by Crippen LogP contribution is 2.11. The number of likely N-dealkylation sites (tertiary alicyclic amines) is 1. The Morgan fingerprint density at radius 2 is 1.92 bits per heavy atom. The predicted octanol–water partition coefficient (Wildman–Crippen LogP) is 2.09. The molecule has 0 bridgehead atoms. The molecule has 1 aliphatic rings. The summed E-state index contributed by atoms with van der Waals surface area (Å²) in [7, 11) is 0. The van der Waals surface area contributed by atoms with Crippen LogP contribution in [0.5, 0.6) is 0 Å². The van der Waals surface area contributed by atoms with Gasteiger partial charge in [0, 0.05) is 18.9 Å². The number of piperidine rings is 1. The molecule has 0 spiro atoms. The number of hydrogen-bond donors (Lipinski definition) is 0. The minimum absolute atomic E-state index is 0.239. The number of nitrogens with zero attached hydrogens (tertiary/aromatic N) is 1. The van der Waals surface area contributed by atoms with E-state index in [2.05, 4.69) is 11.8 Å². The van der Waals surface area contributed by atoms with E-state index in [1.54, 1.807) is 0 Å². The zero-order chi connectivity index (χ0) is 9.68. The van der Waals surface area contributed by atoms with E-state index in [-0.39, 0.29) is 5.92 Å². The Bertz CT molecular complexity index is 161. The molecule has 0 amide bonds. The summed E-state index contributed by atoms with van der Waals surface area (Å²) in [5.74, 6) is 0.647. The van der Waals surface area contributed by atoms with Crippen molar-refractivity contribution < 1.29 is 4.79 Å². The van der Waals surface area contributed by atoms with Gasteiger partial charge in [0.05, 0.1) is 0 Å². The Morgan fingerprint density at radius 1 is 1.31 bits per heavy atom. The number of Topliss-reactive ketones (excluding diaryl/α,β-unsaturated/α-hetero) is 1. The summed E-state index contributed by atoms with van der Waals surface area (Å²) in [6.45, 7) is 7.38. The molecule has 2 heteroatoms. The van der Waals surface area contributed by atoms with Gasteiger partial charge in [-0.25, -0.2) is 0 Å². The van der Waals surface area contributed by atoms with Gasteiger partial charge < -0.3 is 4.90 Å². The zero-order valence-electron chi connectivity index (χ0n) is 8.88. The molecule has 0 aliphatic carbocycles. The van der Waals surface area contributed by atoms with Crippen LogP contribution in [0.4, 0.5) is 0 Å². The molecule has 76 valence electrons. The molecule has 13 heavy (non-hydrogen) atoms. The third-order valence-electron chi connectivity index (χ3n) is 2.88. The molecule has 2 nitrogen and oxygen atoms in total. The van der Waals surface area contributed by atoms with Crippen molar-refractivity contribution in [1.82, 2.24) is 4.90 Å². The molecule has 1 rings (SSSR count). The van der Waals surface area contributed by atoms with Gasteiger partial charge in [-0.3, -0.25) is 4.79 Å². The molecule has 1 aliphatic heterocycles. The molecular weight excluding hydrogens is 162 g/mol. The Hall–Kier alpha value is -0.370. The topological polar surface area (TPSA) is 20.3 Å². The van der Waals surface area contributed by atoms with E-state index in [1.165, 1.54) is 32.4 Å². The summed E-state index contributed by atoms with van der Waals surface area (Å²) in [6, 6.07) is 0. The van der Waals surface area contributed by atoms with Gasteiger partial charge in [0.25, 0.3) is 0 Å². The lowest BCUT2D eigenvalue weighted by Gasteiger charge is -2.28. The molecule has 0 saturated carbocycles. The van der Waals surface area contributed by atoms with Crippen molar-refractivity contribution in [2.75, 3.05) is 19.6 Å². The minimum atomic E-state index is 0.239. The molecule has 1 unspecified atom stereocenters. The second kappa shape index (κ2) is 5.38. The maximum atomic E-state index is 11.4. The van der Waals surface area contributed by atoms with Gasteiger partial charge in [-0.15, -0.1) is 0 Å². The second-order valence-electron chi connectivity index (χ2n) is 4.08. The van der Waals surface area contributed by atoms with E-state index in [1.807, 2.05) is 6.92 Å². The van der Waals surface area contributed by atoms with Crippen molar-refractivity contribution >= 4 is 5.78 Å². The van der Waals surface area contributed by atoms with Crippen molar-refractivity contribution in [1.29, 1.82) is 0 Å². The standard InChI is InChI=1S/C11H21NO/c1-3-11(13)10(2)9-12-7-5-4-6-8-12/h10H,3-9H2,1-2H3. The van der Waals surface area contributed by atoms with Crippen LogP contribution in [0.15, 0.2) is 0 Å². The van der Waals surface area contributed by atoms with E-state index in [4.69, 9.17) is 0 Å². The molecule has 1 fully saturated rings. The van der Waals surface area contributed by atoms with E-state index in [0.717, 1.165) is 6.54 Å². The number of rotatable bonds is 4. The number of carbonyl (C=O) groups is 1. The predicted molar refractivity (Wildman–Crippen MR) is 54.8 cm³/mol. The van der Waals surface area contributed by atoms with Crippen molar-refractivity contribution in [3.8, 4) is 0 Å². The third-order valence-corrected chi connectivity index (χ3v) is 2.88.